The lowest BCUT2D eigenvalue weighted by Gasteiger charge is -2.26. The van der Waals surface area contributed by atoms with Crippen LogP contribution in [0.4, 0.5) is 0 Å². The van der Waals surface area contributed by atoms with Gasteiger partial charge in [0.1, 0.15) is 0 Å². The van der Waals surface area contributed by atoms with Gasteiger partial charge >= 0.3 is 0 Å². The number of hydrogen-bond donors (Lipinski definition) is 2. The molecule has 1 amide bonds. The van der Waals surface area contributed by atoms with E-state index < -0.39 is 0 Å². The average Bonchev–Trinajstić information content (AvgIpc) is 2.22. The first kappa shape index (κ1) is 12.8. The van der Waals surface area contributed by atoms with Crippen LogP contribution in [0.5, 0.6) is 0 Å². The van der Waals surface area contributed by atoms with Gasteiger partial charge in [-0.2, -0.15) is 11.8 Å². The molecular formula is C11H22N2OS. The second kappa shape index (κ2) is 7.12. The predicted octanol–water partition coefficient (Wildman–Crippen LogP) is 1.37. The van der Waals surface area contributed by atoms with Crippen molar-refractivity contribution in [1.82, 2.24) is 5.32 Å². The summed E-state index contributed by atoms with van der Waals surface area (Å²) >= 11 is 1.61. The smallest absolute Gasteiger partial charge is 0.230 e. The summed E-state index contributed by atoms with van der Waals surface area (Å²) in [6.07, 6.45) is 4.80. The number of carbonyl (C=O) groups excluding carboxylic acids is 1. The fourth-order valence-electron chi connectivity index (χ4n) is 1.92. The molecule has 3 N–H and O–H groups in total. The van der Waals surface area contributed by atoms with Crippen LogP contribution in [-0.4, -0.2) is 30.0 Å². The van der Waals surface area contributed by atoms with Gasteiger partial charge in [-0.3, -0.25) is 4.79 Å². The highest BCUT2D eigenvalue weighted by atomic mass is 32.2. The Kier molecular flexibility index (Phi) is 6.10. The van der Waals surface area contributed by atoms with E-state index in [0.29, 0.717) is 18.3 Å². The monoisotopic (exact) mass is 230 g/mol. The fraction of sp³-hybridized carbons (Fsp3) is 0.909. The molecule has 3 nitrogen and oxygen atoms in total. The lowest BCUT2D eigenvalue weighted by molar-refractivity contribution is -0.119. The first-order valence-corrected chi connectivity index (χ1v) is 6.95. The molecule has 15 heavy (non-hydrogen) atoms. The molecule has 0 bridgehead atoms. The maximum Gasteiger partial charge on any atom is 0.230 e. The highest BCUT2D eigenvalue weighted by molar-refractivity contribution is 7.99. The molecular weight excluding hydrogens is 208 g/mol. The number of hydrogen-bond acceptors (Lipinski definition) is 3. The molecule has 4 heteroatoms. The number of nitrogens with one attached hydrogen (secondary N) is 1. The molecule has 1 aliphatic carbocycles. The molecule has 0 aromatic carbocycles. The van der Waals surface area contributed by atoms with Crippen molar-refractivity contribution in [3.05, 3.63) is 0 Å². The Labute approximate surface area is 96.6 Å². The van der Waals surface area contributed by atoms with Crippen LogP contribution < -0.4 is 11.1 Å². The molecule has 0 aliphatic heterocycles. The lowest BCUT2D eigenvalue weighted by atomic mass is 9.87. The number of carbonyl (C=O) groups is 1. The summed E-state index contributed by atoms with van der Waals surface area (Å²) in [5.41, 5.74) is 5.36. The summed E-state index contributed by atoms with van der Waals surface area (Å²) in [4.78, 5) is 11.5. The van der Waals surface area contributed by atoms with Gasteiger partial charge in [-0.15, -0.1) is 0 Å². The number of nitrogens with two attached hydrogens (primary N) is 1. The molecule has 1 aliphatic rings. The molecule has 0 heterocycles. The summed E-state index contributed by atoms with van der Waals surface area (Å²) in [6.45, 7) is 2.94. The Hall–Kier alpha value is -0.220. The van der Waals surface area contributed by atoms with Crippen LogP contribution in [-0.2, 0) is 4.79 Å². The van der Waals surface area contributed by atoms with E-state index in [1.807, 2.05) is 0 Å². The molecule has 0 aromatic heterocycles. The van der Waals surface area contributed by atoms with Gasteiger partial charge in [0.05, 0.1) is 5.75 Å². The minimum atomic E-state index is 0.174. The first-order valence-electron chi connectivity index (χ1n) is 5.79. The zero-order valence-electron chi connectivity index (χ0n) is 9.50. The summed E-state index contributed by atoms with van der Waals surface area (Å²) in [6, 6.07) is 0.423. The van der Waals surface area contributed by atoms with Crippen molar-refractivity contribution in [2.24, 2.45) is 11.7 Å². The van der Waals surface area contributed by atoms with Crippen LogP contribution in [0, 0.1) is 5.92 Å². The first-order chi connectivity index (χ1) is 7.22. The van der Waals surface area contributed by atoms with Gasteiger partial charge in [0.25, 0.3) is 0 Å². The van der Waals surface area contributed by atoms with Gasteiger partial charge in [-0.25, -0.2) is 0 Å². The fourth-order valence-corrected chi connectivity index (χ4v) is 2.50. The zero-order valence-corrected chi connectivity index (χ0v) is 10.3. The minimum absolute atomic E-state index is 0.174. The highest BCUT2D eigenvalue weighted by Crippen LogP contribution is 2.23. The van der Waals surface area contributed by atoms with Crippen LogP contribution in [0.15, 0.2) is 0 Å². The summed E-state index contributed by atoms with van der Waals surface area (Å²) in [5.74, 6) is 2.44. The van der Waals surface area contributed by atoms with Crippen molar-refractivity contribution in [2.75, 3.05) is 18.1 Å². The Morgan fingerprint density at radius 2 is 2.07 bits per heavy atom. The normalized spacial score (nSPS) is 26.3. The van der Waals surface area contributed by atoms with Crippen molar-refractivity contribution in [2.45, 2.75) is 38.6 Å². The van der Waals surface area contributed by atoms with Crippen molar-refractivity contribution >= 4 is 17.7 Å². The number of rotatable bonds is 5. The molecule has 1 saturated carbocycles. The van der Waals surface area contributed by atoms with Crippen molar-refractivity contribution in [3.8, 4) is 0 Å². The van der Waals surface area contributed by atoms with Crippen molar-refractivity contribution in [1.29, 1.82) is 0 Å². The molecule has 0 aromatic rings. The third kappa shape index (κ3) is 5.42. The van der Waals surface area contributed by atoms with Gasteiger partial charge < -0.3 is 11.1 Å². The van der Waals surface area contributed by atoms with Crippen LogP contribution in [0.1, 0.15) is 32.6 Å². The Bertz CT molecular complexity index is 191. The Balaban J connectivity index is 2.09. The molecule has 0 spiro atoms. The Morgan fingerprint density at radius 1 is 1.40 bits per heavy atom. The summed E-state index contributed by atoms with van der Waals surface area (Å²) in [5, 5.41) is 3.10. The van der Waals surface area contributed by atoms with Gasteiger partial charge in [0.15, 0.2) is 0 Å². The van der Waals surface area contributed by atoms with E-state index in [4.69, 9.17) is 5.73 Å². The van der Waals surface area contributed by atoms with Gasteiger partial charge in [-0.1, -0.05) is 6.92 Å². The van der Waals surface area contributed by atoms with E-state index in [9.17, 15) is 4.79 Å². The van der Waals surface area contributed by atoms with E-state index in [2.05, 4.69) is 12.2 Å². The second-order valence-corrected chi connectivity index (χ2v) is 5.47. The van der Waals surface area contributed by atoms with Gasteiger partial charge in [0.2, 0.25) is 5.91 Å². The standard InChI is InChI=1S/C11H22N2OS/c1-9-2-4-10(5-3-9)13-11(14)8-15-7-6-12/h9-10H,2-8,12H2,1H3,(H,13,14). The van der Waals surface area contributed by atoms with E-state index in [1.165, 1.54) is 12.8 Å². The minimum Gasteiger partial charge on any atom is -0.353 e. The average molecular weight is 230 g/mol. The lowest BCUT2D eigenvalue weighted by Crippen LogP contribution is -2.38. The zero-order chi connectivity index (χ0) is 11.1. The maximum atomic E-state index is 11.5. The molecule has 1 rings (SSSR count). The summed E-state index contributed by atoms with van der Waals surface area (Å²) in [7, 11) is 0. The topological polar surface area (TPSA) is 55.1 Å². The van der Waals surface area contributed by atoms with Crippen molar-refractivity contribution in [3.63, 3.8) is 0 Å². The van der Waals surface area contributed by atoms with Crippen LogP contribution in [0.2, 0.25) is 0 Å². The van der Waals surface area contributed by atoms with Crippen LogP contribution in [0.3, 0.4) is 0 Å². The summed E-state index contributed by atoms with van der Waals surface area (Å²) < 4.78 is 0. The Morgan fingerprint density at radius 3 is 2.67 bits per heavy atom. The molecule has 0 saturated heterocycles. The molecule has 0 unspecified atom stereocenters. The third-order valence-electron chi connectivity index (χ3n) is 2.88. The predicted molar refractivity (Wildman–Crippen MR) is 65.9 cm³/mol. The maximum absolute atomic E-state index is 11.5. The number of thioether (sulfide) groups is 1. The van der Waals surface area contributed by atoms with Gasteiger partial charge in [0, 0.05) is 18.3 Å². The quantitative estimate of drug-likeness (QED) is 0.701. The van der Waals surface area contributed by atoms with E-state index in [-0.39, 0.29) is 5.91 Å². The van der Waals surface area contributed by atoms with Crippen LogP contribution >= 0.6 is 11.8 Å². The van der Waals surface area contributed by atoms with Gasteiger partial charge in [-0.05, 0) is 31.6 Å². The van der Waals surface area contributed by atoms with E-state index in [1.54, 1.807) is 11.8 Å². The molecule has 88 valence electrons. The molecule has 0 radical (unpaired) electrons. The van der Waals surface area contributed by atoms with E-state index >= 15 is 0 Å². The third-order valence-corrected chi connectivity index (χ3v) is 3.87. The highest BCUT2D eigenvalue weighted by Gasteiger charge is 2.19. The SMILES string of the molecule is CC1CCC(NC(=O)CSCCN)CC1. The second-order valence-electron chi connectivity index (χ2n) is 4.37. The van der Waals surface area contributed by atoms with E-state index in [0.717, 1.165) is 24.5 Å². The molecule has 0 atom stereocenters. The molecule has 1 fully saturated rings. The largest absolute Gasteiger partial charge is 0.353 e. The van der Waals surface area contributed by atoms with Crippen LogP contribution in [0.25, 0.3) is 0 Å². The van der Waals surface area contributed by atoms with Crippen molar-refractivity contribution < 1.29 is 4.79 Å². The number of amides is 1.